The quantitative estimate of drug-likeness (QED) is 0.623. The summed E-state index contributed by atoms with van der Waals surface area (Å²) in [7, 11) is 0. The predicted molar refractivity (Wildman–Crippen MR) is 98.6 cm³/mol. The monoisotopic (exact) mass is 335 g/mol. The van der Waals surface area contributed by atoms with Crippen molar-refractivity contribution in [1.82, 2.24) is 10.4 Å². The van der Waals surface area contributed by atoms with Crippen molar-refractivity contribution in [1.29, 1.82) is 5.26 Å². The topological polar surface area (TPSA) is 81.4 Å². The Kier molecular flexibility index (Phi) is 6.66. The van der Waals surface area contributed by atoms with Gasteiger partial charge in [-0.15, -0.1) is 0 Å². The van der Waals surface area contributed by atoms with Crippen LogP contribution in [0.1, 0.15) is 35.0 Å². The minimum absolute atomic E-state index is 0.322. The molecule has 0 saturated carbocycles. The van der Waals surface area contributed by atoms with E-state index in [9.17, 15) is 4.79 Å². The summed E-state index contributed by atoms with van der Waals surface area (Å²) in [4.78, 5) is 18.0. The summed E-state index contributed by atoms with van der Waals surface area (Å²) in [5.41, 5.74) is 5.83. The molecule has 1 heterocycles. The van der Waals surface area contributed by atoms with Crippen molar-refractivity contribution in [3.8, 4) is 6.07 Å². The maximum atomic E-state index is 11.9. The second kappa shape index (κ2) is 9.18. The van der Waals surface area contributed by atoms with Crippen LogP contribution in [0.3, 0.4) is 0 Å². The Bertz CT molecular complexity index is 780. The van der Waals surface area contributed by atoms with Crippen LogP contribution in [-0.2, 0) is 0 Å². The summed E-state index contributed by atoms with van der Waals surface area (Å²) < 4.78 is 0. The van der Waals surface area contributed by atoms with E-state index in [4.69, 9.17) is 5.26 Å². The number of hydrogen-bond acceptors (Lipinski definition) is 5. The number of aryl methyl sites for hydroxylation is 1. The molecule has 6 nitrogen and oxygen atoms in total. The Hall–Kier alpha value is -3.20. The summed E-state index contributed by atoms with van der Waals surface area (Å²) in [6.45, 7) is 5.60. The number of nitriles is 1. The van der Waals surface area contributed by atoms with E-state index in [-0.39, 0.29) is 5.91 Å². The van der Waals surface area contributed by atoms with Crippen LogP contribution in [0.15, 0.2) is 47.7 Å². The van der Waals surface area contributed by atoms with Crippen LogP contribution in [0.5, 0.6) is 0 Å². The number of amides is 1. The molecule has 1 aromatic carbocycles. The van der Waals surface area contributed by atoms with Gasteiger partial charge < -0.3 is 4.90 Å². The lowest BCUT2D eigenvalue weighted by molar-refractivity contribution is 0.0950. The van der Waals surface area contributed by atoms with E-state index < -0.39 is 0 Å². The highest BCUT2D eigenvalue weighted by atomic mass is 16.2. The zero-order chi connectivity index (χ0) is 18.1. The number of nitrogens with one attached hydrogen (secondary N) is 1. The second-order valence-electron chi connectivity index (χ2n) is 5.44. The first kappa shape index (κ1) is 18.1. The highest BCUT2D eigenvalue weighted by molar-refractivity contribution is 5.93. The molecule has 0 bridgehead atoms. The molecule has 0 radical (unpaired) electrons. The molecule has 2 rings (SSSR count). The average Bonchev–Trinajstić information content (AvgIpc) is 2.64. The third-order valence-electron chi connectivity index (χ3n) is 3.76. The van der Waals surface area contributed by atoms with Crippen molar-refractivity contribution in [3.63, 3.8) is 0 Å². The van der Waals surface area contributed by atoms with Gasteiger partial charge in [0.05, 0.1) is 18.7 Å². The summed E-state index contributed by atoms with van der Waals surface area (Å²) in [6.07, 6.45) is 3.68. The van der Waals surface area contributed by atoms with E-state index in [1.54, 1.807) is 30.6 Å². The molecule has 1 amide bonds. The molecule has 0 saturated heterocycles. The number of aromatic nitrogens is 1. The van der Waals surface area contributed by atoms with E-state index >= 15 is 0 Å². The lowest BCUT2D eigenvalue weighted by Crippen LogP contribution is -2.23. The second-order valence-corrected chi connectivity index (χ2v) is 5.44. The number of nitrogens with zero attached hydrogens (tertiary/aromatic N) is 4. The number of carbonyl (C=O) groups is 1. The van der Waals surface area contributed by atoms with Crippen molar-refractivity contribution in [2.24, 2.45) is 5.10 Å². The van der Waals surface area contributed by atoms with Gasteiger partial charge in [-0.3, -0.25) is 9.78 Å². The van der Waals surface area contributed by atoms with Gasteiger partial charge >= 0.3 is 0 Å². The van der Waals surface area contributed by atoms with Crippen LogP contribution in [0.4, 0.5) is 5.69 Å². The molecule has 0 aliphatic rings. The van der Waals surface area contributed by atoms with E-state index in [1.165, 1.54) is 0 Å². The van der Waals surface area contributed by atoms with E-state index in [2.05, 4.69) is 39.5 Å². The molecule has 1 N–H and O–H groups in total. The Morgan fingerprint density at radius 2 is 2.24 bits per heavy atom. The van der Waals surface area contributed by atoms with E-state index in [0.29, 0.717) is 18.7 Å². The van der Waals surface area contributed by atoms with Gasteiger partial charge in [-0.1, -0.05) is 12.1 Å². The van der Waals surface area contributed by atoms with Crippen LogP contribution in [0, 0.1) is 18.3 Å². The van der Waals surface area contributed by atoms with Crippen molar-refractivity contribution in [2.75, 3.05) is 18.0 Å². The maximum Gasteiger partial charge on any atom is 0.289 e. The van der Waals surface area contributed by atoms with Gasteiger partial charge in [0.1, 0.15) is 5.69 Å². The Labute approximate surface area is 147 Å². The number of pyridine rings is 1. The minimum Gasteiger partial charge on any atom is -0.371 e. The minimum atomic E-state index is -0.347. The van der Waals surface area contributed by atoms with E-state index in [0.717, 1.165) is 23.4 Å². The summed E-state index contributed by atoms with van der Waals surface area (Å²) in [5, 5.41) is 12.7. The fourth-order valence-electron chi connectivity index (χ4n) is 2.37. The molecule has 6 heteroatoms. The van der Waals surface area contributed by atoms with Crippen molar-refractivity contribution >= 4 is 17.8 Å². The fourth-order valence-corrected chi connectivity index (χ4v) is 2.37. The average molecular weight is 335 g/mol. The highest BCUT2D eigenvalue weighted by Gasteiger charge is 2.06. The van der Waals surface area contributed by atoms with Gasteiger partial charge in [0.2, 0.25) is 0 Å². The number of carbonyl (C=O) groups excluding carboxylic acids is 1. The van der Waals surface area contributed by atoms with Crippen molar-refractivity contribution in [2.45, 2.75) is 20.3 Å². The Morgan fingerprint density at radius 1 is 1.40 bits per heavy atom. The lowest BCUT2D eigenvalue weighted by atomic mass is 10.1. The van der Waals surface area contributed by atoms with E-state index in [1.807, 2.05) is 19.1 Å². The molecule has 0 aliphatic heterocycles. The summed E-state index contributed by atoms with van der Waals surface area (Å²) in [6, 6.07) is 13.3. The van der Waals surface area contributed by atoms with Gasteiger partial charge in [-0.25, -0.2) is 5.43 Å². The van der Waals surface area contributed by atoms with Gasteiger partial charge in [0.25, 0.3) is 5.91 Å². The first-order valence-electron chi connectivity index (χ1n) is 8.12. The number of hydrogen-bond donors (Lipinski definition) is 1. The van der Waals surface area contributed by atoms with Crippen molar-refractivity contribution in [3.05, 3.63) is 59.4 Å². The Morgan fingerprint density at radius 3 is 2.88 bits per heavy atom. The molecular weight excluding hydrogens is 314 g/mol. The zero-order valence-corrected chi connectivity index (χ0v) is 14.4. The standard InChI is InChI=1S/C19H21N5O/c1-3-24(12-6-10-20)17-9-8-16(15(2)13-17)14-22-23-19(25)18-7-4-5-11-21-18/h4-5,7-9,11,13-14H,3,6,12H2,1-2H3,(H,23,25)/b22-14-. The number of benzene rings is 1. The van der Waals surface area contributed by atoms with Crippen LogP contribution in [0.25, 0.3) is 0 Å². The number of rotatable bonds is 7. The van der Waals surface area contributed by atoms with Crippen LogP contribution >= 0.6 is 0 Å². The third-order valence-corrected chi connectivity index (χ3v) is 3.76. The zero-order valence-electron chi connectivity index (χ0n) is 14.4. The molecule has 2 aromatic rings. The normalized spacial score (nSPS) is 10.4. The summed E-state index contributed by atoms with van der Waals surface area (Å²) >= 11 is 0. The third kappa shape index (κ3) is 5.15. The highest BCUT2D eigenvalue weighted by Crippen LogP contribution is 2.18. The largest absolute Gasteiger partial charge is 0.371 e. The maximum absolute atomic E-state index is 11.9. The van der Waals surface area contributed by atoms with Crippen LogP contribution < -0.4 is 10.3 Å². The molecule has 0 spiro atoms. The molecule has 0 aliphatic carbocycles. The molecule has 25 heavy (non-hydrogen) atoms. The van der Waals surface area contributed by atoms with Crippen LogP contribution in [-0.4, -0.2) is 30.2 Å². The first-order valence-corrected chi connectivity index (χ1v) is 8.12. The first-order chi connectivity index (χ1) is 12.2. The summed E-state index contributed by atoms with van der Waals surface area (Å²) in [5.74, 6) is -0.347. The molecule has 0 fully saturated rings. The number of anilines is 1. The van der Waals surface area contributed by atoms with Gasteiger partial charge in [0, 0.05) is 25.0 Å². The predicted octanol–water partition coefficient (Wildman–Crippen LogP) is 2.89. The molecule has 1 aromatic heterocycles. The molecule has 0 atom stereocenters. The molecule has 0 unspecified atom stereocenters. The SMILES string of the molecule is CCN(CCC#N)c1ccc(/C=N\NC(=O)c2ccccn2)c(C)c1. The Balaban J connectivity index is 2.03. The fraction of sp³-hybridized carbons (Fsp3) is 0.263. The van der Waals surface area contributed by atoms with Gasteiger partial charge in [0.15, 0.2) is 0 Å². The van der Waals surface area contributed by atoms with Gasteiger partial charge in [-0.2, -0.15) is 10.4 Å². The number of hydrazone groups is 1. The smallest absolute Gasteiger partial charge is 0.289 e. The molecular formula is C19H21N5O. The van der Waals surface area contributed by atoms with Crippen molar-refractivity contribution < 1.29 is 4.79 Å². The molecule has 128 valence electrons. The van der Waals surface area contributed by atoms with Crippen LogP contribution in [0.2, 0.25) is 0 Å². The lowest BCUT2D eigenvalue weighted by Gasteiger charge is -2.22. The van der Waals surface area contributed by atoms with Gasteiger partial charge in [-0.05, 0) is 49.2 Å².